The molecule has 0 rings (SSSR count). The standard InChI is InChI=1S/C6H12FNO4S/c1-5(6(9)10)8-13(11,12)4-2-3-7/h5,8H,2-4H2,1H3,(H,9,10). The molecule has 0 saturated carbocycles. The third-order valence-corrected chi connectivity index (χ3v) is 2.81. The normalized spacial score (nSPS) is 14.0. The van der Waals surface area contributed by atoms with Crippen LogP contribution in [0.3, 0.4) is 0 Å². The fraction of sp³-hybridized carbons (Fsp3) is 0.833. The second kappa shape index (κ2) is 5.13. The first kappa shape index (κ1) is 12.3. The molecule has 0 aliphatic carbocycles. The van der Waals surface area contributed by atoms with Crippen LogP contribution in [0.25, 0.3) is 0 Å². The first-order valence-electron chi connectivity index (χ1n) is 3.68. The third-order valence-electron chi connectivity index (χ3n) is 1.27. The van der Waals surface area contributed by atoms with Gasteiger partial charge in [0.25, 0.3) is 0 Å². The number of alkyl halides is 1. The monoisotopic (exact) mass is 213 g/mol. The molecule has 0 fully saturated rings. The quantitative estimate of drug-likeness (QED) is 0.636. The Bertz CT molecular complexity index is 264. The van der Waals surface area contributed by atoms with Crippen molar-refractivity contribution in [3.63, 3.8) is 0 Å². The minimum absolute atomic E-state index is 0.123. The van der Waals surface area contributed by atoms with Gasteiger partial charge in [0.1, 0.15) is 6.04 Å². The molecule has 0 radical (unpaired) electrons. The topological polar surface area (TPSA) is 83.5 Å². The smallest absolute Gasteiger partial charge is 0.321 e. The maximum Gasteiger partial charge on any atom is 0.321 e. The number of carboxylic acid groups (broad SMARTS) is 1. The van der Waals surface area contributed by atoms with Crippen molar-refractivity contribution >= 4 is 16.0 Å². The van der Waals surface area contributed by atoms with Crippen LogP contribution in [0.15, 0.2) is 0 Å². The molecule has 0 spiro atoms. The Labute approximate surface area is 76.0 Å². The maximum atomic E-state index is 11.6. The fourth-order valence-electron chi connectivity index (χ4n) is 0.623. The van der Waals surface area contributed by atoms with Gasteiger partial charge >= 0.3 is 5.97 Å². The van der Waals surface area contributed by atoms with Crippen molar-refractivity contribution in [1.29, 1.82) is 0 Å². The van der Waals surface area contributed by atoms with Crippen molar-refractivity contribution in [3.8, 4) is 0 Å². The van der Waals surface area contributed by atoms with Crippen LogP contribution in [0.1, 0.15) is 13.3 Å². The minimum atomic E-state index is -3.66. The van der Waals surface area contributed by atoms with Crippen LogP contribution >= 0.6 is 0 Å². The Balaban J connectivity index is 4.10. The molecule has 78 valence electrons. The summed E-state index contributed by atoms with van der Waals surface area (Å²) in [5, 5.41) is 8.37. The average molecular weight is 213 g/mol. The van der Waals surface area contributed by atoms with Gasteiger partial charge in [-0.1, -0.05) is 0 Å². The number of halogens is 1. The number of rotatable bonds is 6. The highest BCUT2D eigenvalue weighted by Gasteiger charge is 2.18. The molecule has 0 bridgehead atoms. The molecular formula is C6H12FNO4S. The number of hydrogen-bond donors (Lipinski definition) is 2. The molecule has 0 saturated heterocycles. The number of carbonyl (C=O) groups is 1. The second-order valence-electron chi connectivity index (χ2n) is 2.54. The van der Waals surface area contributed by atoms with Crippen LogP contribution in [0, 0.1) is 0 Å². The SMILES string of the molecule is CC(NS(=O)(=O)CCCF)C(=O)O. The van der Waals surface area contributed by atoms with Crippen LogP contribution in [-0.4, -0.2) is 38.0 Å². The van der Waals surface area contributed by atoms with E-state index in [1.807, 2.05) is 4.72 Å². The van der Waals surface area contributed by atoms with Crippen LogP contribution in [0.4, 0.5) is 4.39 Å². The summed E-state index contributed by atoms with van der Waals surface area (Å²) in [6.07, 6.45) is -0.123. The van der Waals surface area contributed by atoms with Crippen LogP contribution in [0.2, 0.25) is 0 Å². The van der Waals surface area contributed by atoms with Gasteiger partial charge in [-0.2, -0.15) is 0 Å². The maximum absolute atomic E-state index is 11.6. The van der Waals surface area contributed by atoms with Crippen LogP contribution in [0.5, 0.6) is 0 Å². The third kappa shape index (κ3) is 5.53. The molecule has 0 aromatic carbocycles. The lowest BCUT2D eigenvalue weighted by molar-refractivity contribution is -0.138. The highest BCUT2D eigenvalue weighted by Crippen LogP contribution is 1.93. The molecule has 7 heteroatoms. The number of hydrogen-bond acceptors (Lipinski definition) is 3. The van der Waals surface area contributed by atoms with E-state index >= 15 is 0 Å². The van der Waals surface area contributed by atoms with E-state index in [0.29, 0.717) is 0 Å². The zero-order valence-electron chi connectivity index (χ0n) is 7.16. The number of aliphatic carboxylic acids is 1. The second-order valence-corrected chi connectivity index (χ2v) is 4.41. The Hall–Kier alpha value is -0.690. The highest BCUT2D eigenvalue weighted by atomic mass is 32.2. The van der Waals surface area contributed by atoms with Crippen molar-refractivity contribution in [3.05, 3.63) is 0 Å². The number of nitrogens with one attached hydrogen (secondary N) is 1. The Morgan fingerprint density at radius 1 is 1.62 bits per heavy atom. The summed E-state index contributed by atoms with van der Waals surface area (Å²) in [6, 6.07) is -1.18. The van der Waals surface area contributed by atoms with E-state index in [9.17, 15) is 17.6 Å². The molecule has 1 atom stereocenters. The summed E-state index contributed by atoms with van der Waals surface area (Å²) in [6.45, 7) is 0.470. The molecule has 0 aromatic heterocycles. The summed E-state index contributed by atoms with van der Waals surface area (Å²) in [5.74, 6) is -1.65. The summed E-state index contributed by atoms with van der Waals surface area (Å²) < 4.78 is 35.4. The van der Waals surface area contributed by atoms with E-state index in [-0.39, 0.29) is 12.2 Å². The van der Waals surface area contributed by atoms with Crippen LogP contribution in [-0.2, 0) is 14.8 Å². The minimum Gasteiger partial charge on any atom is -0.480 e. The lowest BCUT2D eigenvalue weighted by Gasteiger charge is -2.08. The molecule has 0 heterocycles. The van der Waals surface area contributed by atoms with Gasteiger partial charge in [0, 0.05) is 0 Å². The molecular weight excluding hydrogens is 201 g/mol. The molecule has 0 aliphatic heterocycles. The Morgan fingerprint density at radius 3 is 2.54 bits per heavy atom. The van der Waals surface area contributed by atoms with E-state index in [1.165, 1.54) is 6.92 Å². The first-order chi connectivity index (χ1) is 5.89. The summed E-state index contributed by atoms with van der Waals surface area (Å²) >= 11 is 0. The van der Waals surface area contributed by atoms with Gasteiger partial charge in [-0.15, -0.1) is 0 Å². The van der Waals surface area contributed by atoms with Gasteiger partial charge < -0.3 is 5.11 Å². The predicted molar refractivity (Wildman–Crippen MR) is 44.6 cm³/mol. The van der Waals surface area contributed by atoms with E-state index in [2.05, 4.69) is 0 Å². The van der Waals surface area contributed by atoms with E-state index < -0.39 is 28.7 Å². The summed E-state index contributed by atoms with van der Waals surface area (Å²) in [7, 11) is -3.66. The zero-order chi connectivity index (χ0) is 10.5. The largest absolute Gasteiger partial charge is 0.480 e. The van der Waals surface area contributed by atoms with Gasteiger partial charge in [-0.25, -0.2) is 13.1 Å². The van der Waals surface area contributed by atoms with Gasteiger partial charge in [0.2, 0.25) is 10.0 Å². The molecule has 0 amide bonds. The number of sulfonamides is 1. The van der Waals surface area contributed by atoms with Crippen molar-refractivity contribution in [2.45, 2.75) is 19.4 Å². The lowest BCUT2D eigenvalue weighted by atomic mass is 10.4. The zero-order valence-corrected chi connectivity index (χ0v) is 7.97. The molecule has 13 heavy (non-hydrogen) atoms. The molecule has 2 N–H and O–H groups in total. The average Bonchev–Trinajstić information content (AvgIpc) is 2.00. The van der Waals surface area contributed by atoms with Gasteiger partial charge in [-0.05, 0) is 13.3 Å². The predicted octanol–water partition coefficient (Wildman–Crippen LogP) is -0.262. The molecule has 0 aromatic rings. The number of carboxylic acids is 1. The van der Waals surface area contributed by atoms with Gasteiger partial charge in [-0.3, -0.25) is 9.18 Å². The summed E-state index contributed by atoms with van der Waals surface area (Å²) in [5.41, 5.74) is 0. The fourth-order valence-corrected chi connectivity index (χ4v) is 1.87. The highest BCUT2D eigenvalue weighted by molar-refractivity contribution is 7.89. The molecule has 5 nitrogen and oxygen atoms in total. The van der Waals surface area contributed by atoms with Crippen molar-refractivity contribution in [2.75, 3.05) is 12.4 Å². The van der Waals surface area contributed by atoms with Crippen molar-refractivity contribution in [1.82, 2.24) is 4.72 Å². The van der Waals surface area contributed by atoms with E-state index in [4.69, 9.17) is 5.11 Å². The molecule has 1 unspecified atom stereocenters. The van der Waals surface area contributed by atoms with Crippen molar-refractivity contribution < 1.29 is 22.7 Å². The van der Waals surface area contributed by atoms with Crippen molar-refractivity contribution in [2.24, 2.45) is 0 Å². The van der Waals surface area contributed by atoms with Gasteiger partial charge in [0.15, 0.2) is 0 Å². The molecule has 0 aliphatic rings. The van der Waals surface area contributed by atoms with Gasteiger partial charge in [0.05, 0.1) is 12.4 Å². The van der Waals surface area contributed by atoms with Crippen LogP contribution < -0.4 is 4.72 Å². The summed E-state index contributed by atoms with van der Waals surface area (Å²) in [4.78, 5) is 10.2. The first-order valence-corrected chi connectivity index (χ1v) is 5.33. The van der Waals surface area contributed by atoms with E-state index in [1.54, 1.807) is 0 Å². The lowest BCUT2D eigenvalue weighted by Crippen LogP contribution is -2.39. The Kier molecular flexibility index (Phi) is 4.86. The van der Waals surface area contributed by atoms with E-state index in [0.717, 1.165) is 0 Å². The Morgan fingerprint density at radius 2 is 2.15 bits per heavy atom.